The number of hydrogen-bond donors (Lipinski definition) is 1. The average molecular weight is 482 g/mol. The minimum Gasteiger partial charge on any atom is -0.322 e. The fourth-order valence-electron chi connectivity index (χ4n) is 3.54. The minimum atomic E-state index is -0.500. The summed E-state index contributed by atoms with van der Waals surface area (Å²) >= 11 is 7.50. The zero-order chi connectivity index (χ0) is 23.5. The van der Waals surface area contributed by atoms with Gasteiger partial charge in [-0.1, -0.05) is 41.9 Å². The van der Waals surface area contributed by atoms with E-state index < -0.39 is 4.92 Å². The molecular formula is C24H20ClN3O4S. The third kappa shape index (κ3) is 5.18. The second kappa shape index (κ2) is 9.64. The van der Waals surface area contributed by atoms with Gasteiger partial charge in [0.05, 0.1) is 16.4 Å². The number of amides is 2. The number of nitro benzene ring substituents is 1. The summed E-state index contributed by atoms with van der Waals surface area (Å²) in [6.45, 7) is 2.24. The summed E-state index contributed by atoms with van der Waals surface area (Å²) in [5.41, 5.74) is 3.36. The molecule has 1 atom stereocenters. The molecule has 0 spiro atoms. The minimum absolute atomic E-state index is 0.0583. The first-order chi connectivity index (χ1) is 15.8. The van der Waals surface area contributed by atoms with Crippen molar-refractivity contribution in [3.63, 3.8) is 0 Å². The lowest BCUT2D eigenvalue weighted by molar-refractivity contribution is -0.384. The van der Waals surface area contributed by atoms with Crippen LogP contribution in [0.1, 0.15) is 32.4 Å². The number of hydrogen-bond acceptors (Lipinski definition) is 5. The normalized spacial score (nSPS) is 15.5. The number of thioether (sulfide) groups is 1. The lowest BCUT2D eigenvalue weighted by Gasteiger charge is -2.24. The number of carbonyl (C=O) groups is 2. The van der Waals surface area contributed by atoms with E-state index in [1.165, 1.54) is 12.1 Å². The highest BCUT2D eigenvalue weighted by Crippen LogP contribution is 2.39. The van der Waals surface area contributed by atoms with Crippen molar-refractivity contribution in [1.82, 2.24) is 4.90 Å². The van der Waals surface area contributed by atoms with E-state index in [1.807, 2.05) is 29.2 Å². The summed E-state index contributed by atoms with van der Waals surface area (Å²) < 4.78 is 0. The third-order valence-electron chi connectivity index (χ3n) is 5.37. The molecule has 0 saturated carbocycles. The first kappa shape index (κ1) is 22.8. The van der Waals surface area contributed by atoms with Gasteiger partial charge in [-0.05, 0) is 47.9 Å². The van der Waals surface area contributed by atoms with Crippen LogP contribution in [0.2, 0.25) is 5.02 Å². The first-order valence-electron chi connectivity index (χ1n) is 10.1. The Kier molecular flexibility index (Phi) is 6.67. The van der Waals surface area contributed by atoms with Crippen LogP contribution in [-0.4, -0.2) is 27.4 Å². The Morgan fingerprint density at radius 2 is 1.85 bits per heavy atom. The van der Waals surface area contributed by atoms with Crippen LogP contribution >= 0.6 is 23.4 Å². The van der Waals surface area contributed by atoms with Crippen molar-refractivity contribution in [3.8, 4) is 0 Å². The molecule has 3 aromatic carbocycles. The number of non-ortho nitro benzene ring substituents is 1. The summed E-state index contributed by atoms with van der Waals surface area (Å²) in [5.74, 6) is 0.0910. The molecule has 33 heavy (non-hydrogen) atoms. The molecule has 9 heteroatoms. The fraction of sp³-hybridized carbons (Fsp3) is 0.167. The average Bonchev–Trinajstić information content (AvgIpc) is 3.16. The van der Waals surface area contributed by atoms with Crippen molar-refractivity contribution < 1.29 is 14.5 Å². The number of nitrogens with one attached hydrogen (secondary N) is 1. The highest BCUT2D eigenvalue weighted by Gasteiger charge is 2.32. The lowest BCUT2D eigenvalue weighted by Crippen LogP contribution is -2.27. The van der Waals surface area contributed by atoms with Gasteiger partial charge in [0.15, 0.2) is 0 Å². The Hall–Kier alpha value is -3.36. The molecule has 1 heterocycles. The quantitative estimate of drug-likeness (QED) is 0.366. The Morgan fingerprint density at radius 1 is 1.15 bits per heavy atom. The topological polar surface area (TPSA) is 92.5 Å². The van der Waals surface area contributed by atoms with E-state index in [-0.39, 0.29) is 22.9 Å². The standard InChI is InChI=1S/C24H20ClN3O4S/c1-15-2-11-20(28(31)32)12-21(15)26-23(30)17-5-7-18(8-6-17)24-27(22(29)14-33-24)13-16-3-9-19(25)10-4-16/h2-12,24H,13-14H2,1H3,(H,26,30)/t24-/m1/s1. The second-order valence-corrected chi connectivity index (χ2v) is 9.15. The molecule has 0 aromatic heterocycles. The molecule has 168 valence electrons. The SMILES string of the molecule is Cc1ccc([N+](=O)[O-])cc1NC(=O)c1ccc([C@H]2SCC(=O)N2Cc2ccc(Cl)cc2)cc1. The predicted octanol–water partition coefficient (Wildman–Crippen LogP) is 5.58. The monoisotopic (exact) mass is 481 g/mol. The Bertz CT molecular complexity index is 1220. The van der Waals surface area contributed by atoms with Gasteiger partial charge in [-0.25, -0.2) is 0 Å². The summed E-state index contributed by atoms with van der Waals surface area (Å²) in [5, 5.41) is 14.3. The van der Waals surface area contributed by atoms with Gasteiger partial charge in [-0.15, -0.1) is 11.8 Å². The molecule has 3 aromatic rings. The maximum atomic E-state index is 12.7. The van der Waals surface area contributed by atoms with Gasteiger partial charge in [-0.3, -0.25) is 19.7 Å². The summed E-state index contributed by atoms with van der Waals surface area (Å²) in [6.07, 6.45) is 0. The van der Waals surface area contributed by atoms with Crippen molar-refractivity contribution in [2.75, 3.05) is 11.1 Å². The van der Waals surface area contributed by atoms with Gasteiger partial charge in [-0.2, -0.15) is 0 Å². The van der Waals surface area contributed by atoms with E-state index in [1.54, 1.807) is 49.0 Å². The number of anilines is 1. The summed E-state index contributed by atoms with van der Waals surface area (Å²) in [6, 6.07) is 18.8. The maximum Gasteiger partial charge on any atom is 0.271 e. The molecule has 0 radical (unpaired) electrons. The van der Waals surface area contributed by atoms with Gasteiger partial charge in [0.25, 0.3) is 11.6 Å². The third-order valence-corrected chi connectivity index (χ3v) is 6.88. The first-order valence-corrected chi connectivity index (χ1v) is 11.6. The van der Waals surface area contributed by atoms with Crippen LogP contribution in [0, 0.1) is 17.0 Å². The van der Waals surface area contributed by atoms with E-state index in [4.69, 9.17) is 11.6 Å². The van der Waals surface area contributed by atoms with Gasteiger partial charge in [0.1, 0.15) is 5.37 Å². The van der Waals surface area contributed by atoms with E-state index in [0.717, 1.165) is 16.7 Å². The van der Waals surface area contributed by atoms with Crippen LogP contribution < -0.4 is 5.32 Å². The molecule has 7 nitrogen and oxygen atoms in total. The van der Waals surface area contributed by atoms with Crippen LogP contribution in [-0.2, 0) is 11.3 Å². The van der Waals surface area contributed by atoms with E-state index in [0.29, 0.717) is 28.6 Å². The number of rotatable bonds is 6. The number of nitro groups is 1. The maximum absolute atomic E-state index is 12.7. The zero-order valence-electron chi connectivity index (χ0n) is 17.7. The van der Waals surface area contributed by atoms with Crippen molar-refractivity contribution >= 4 is 46.6 Å². The molecule has 4 rings (SSSR count). The number of carbonyl (C=O) groups excluding carboxylic acids is 2. The molecule has 1 aliphatic heterocycles. The van der Waals surface area contributed by atoms with E-state index in [9.17, 15) is 19.7 Å². The highest BCUT2D eigenvalue weighted by atomic mass is 35.5. The van der Waals surface area contributed by atoms with Crippen molar-refractivity contribution in [3.05, 3.63) is 104 Å². The summed E-state index contributed by atoms with van der Waals surface area (Å²) in [7, 11) is 0. The van der Waals surface area contributed by atoms with Crippen LogP contribution in [0.4, 0.5) is 11.4 Å². The second-order valence-electron chi connectivity index (χ2n) is 7.64. The van der Waals surface area contributed by atoms with Gasteiger partial charge in [0.2, 0.25) is 5.91 Å². The number of benzene rings is 3. The van der Waals surface area contributed by atoms with Crippen molar-refractivity contribution in [2.24, 2.45) is 0 Å². The largest absolute Gasteiger partial charge is 0.322 e. The van der Waals surface area contributed by atoms with Gasteiger partial charge >= 0.3 is 0 Å². The van der Waals surface area contributed by atoms with Crippen LogP contribution in [0.15, 0.2) is 66.7 Å². The molecule has 0 bridgehead atoms. The molecule has 0 aliphatic carbocycles. The van der Waals surface area contributed by atoms with Crippen molar-refractivity contribution in [2.45, 2.75) is 18.8 Å². The van der Waals surface area contributed by atoms with Crippen LogP contribution in [0.5, 0.6) is 0 Å². The van der Waals surface area contributed by atoms with Gasteiger partial charge in [0, 0.05) is 29.3 Å². The lowest BCUT2D eigenvalue weighted by atomic mass is 10.1. The number of aryl methyl sites for hydroxylation is 1. The van der Waals surface area contributed by atoms with Crippen LogP contribution in [0.3, 0.4) is 0 Å². The zero-order valence-corrected chi connectivity index (χ0v) is 19.2. The predicted molar refractivity (Wildman–Crippen MR) is 129 cm³/mol. The molecule has 2 amide bonds. The van der Waals surface area contributed by atoms with E-state index in [2.05, 4.69) is 5.32 Å². The number of nitrogens with zero attached hydrogens (tertiary/aromatic N) is 2. The molecule has 1 fully saturated rings. The fourth-order valence-corrected chi connectivity index (χ4v) is 4.85. The Morgan fingerprint density at radius 3 is 2.52 bits per heavy atom. The van der Waals surface area contributed by atoms with Crippen LogP contribution in [0.25, 0.3) is 0 Å². The number of halogens is 1. The highest BCUT2D eigenvalue weighted by molar-refractivity contribution is 8.00. The molecule has 1 aliphatic rings. The van der Waals surface area contributed by atoms with Crippen molar-refractivity contribution in [1.29, 1.82) is 0 Å². The summed E-state index contributed by atoms with van der Waals surface area (Å²) in [4.78, 5) is 37.5. The molecule has 1 saturated heterocycles. The molecular weight excluding hydrogens is 462 g/mol. The molecule has 1 N–H and O–H groups in total. The Balaban J connectivity index is 1.48. The molecule has 0 unspecified atom stereocenters. The smallest absolute Gasteiger partial charge is 0.271 e. The Labute approximate surface area is 199 Å². The van der Waals surface area contributed by atoms with Gasteiger partial charge < -0.3 is 10.2 Å². The van der Waals surface area contributed by atoms with E-state index >= 15 is 0 Å².